The Morgan fingerprint density at radius 2 is 1.79 bits per heavy atom. The number of hydrogen-bond acceptors (Lipinski definition) is 7. The lowest BCUT2D eigenvalue weighted by Crippen LogP contribution is -2.52. The molecule has 1 saturated heterocycles. The Bertz CT molecular complexity index is 1180. The first-order valence-electron chi connectivity index (χ1n) is 15.6. The zero-order valence-corrected chi connectivity index (χ0v) is 27.5. The SMILES string of the molecule is CC(C)CCCC(C)(C)NC[C@H](O)[C@H](Cc1ccccc1)NC(=O)c1cc(NC(C)C)cc(N2CCCCS2(O)O)c1F. The Morgan fingerprint density at radius 1 is 1.09 bits per heavy atom. The summed E-state index contributed by atoms with van der Waals surface area (Å²) in [6, 6.07) is 11.9. The molecule has 1 aliphatic heterocycles. The smallest absolute Gasteiger partial charge is 0.254 e. The Balaban J connectivity index is 1.88. The summed E-state index contributed by atoms with van der Waals surface area (Å²) in [5.41, 5.74) is 1.01. The standard InChI is InChI=1S/C33H53FN4O4S/c1-23(2)13-12-16-33(5,6)35-22-30(39)28(19-25-14-8-7-9-15-25)37-32(40)27-20-26(36-24(3)4)21-29(31(27)34)38-17-10-11-18-43(38,41)42/h7-9,14-15,20-21,23-24,28,30,35-36,39,41-42H,10-13,16-19,22H2,1-6H3,(H,37,40)/t28-,30-/m0/s1. The Hall–Kier alpha value is -2.37. The van der Waals surface area contributed by atoms with Crippen molar-refractivity contribution in [3.63, 3.8) is 0 Å². The number of halogens is 1. The van der Waals surface area contributed by atoms with Crippen molar-refractivity contribution < 1.29 is 23.4 Å². The molecule has 1 heterocycles. The number of β-amino-alcohol motifs (C(OH)–C–C–N with tert-alkyl or cyclic N) is 1. The Kier molecular flexibility index (Phi) is 12.7. The molecule has 0 spiro atoms. The normalized spacial score (nSPS) is 17.5. The second kappa shape index (κ2) is 15.6. The number of aliphatic hydroxyl groups is 1. The number of anilines is 2. The average Bonchev–Trinajstić information content (AvgIpc) is 2.92. The topological polar surface area (TPSA) is 117 Å². The molecular formula is C33H53FN4O4S. The maximum absolute atomic E-state index is 16.1. The number of carbonyl (C=O) groups is 1. The van der Waals surface area contributed by atoms with Gasteiger partial charge in [-0.1, -0.05) is 57.0 Å². The molecule has 0 unspecified atom stereocenters. The highest BCUT2D eigenvalue weighted by molar-refractivity contribution is 8.25. The molecule has 0 aliphatic carbocycles. The third-order valence-corrected chi connectivity index (χ3v) is 9.78. The Morgan fingerprint density at radius 3 is 2.42 bits per heavy atom. The van der Waals surface area contributed by atoms with Crippen LogP contribution in [0.1, 0.15) is 89.6 Å². The van der Waals surface area contributed by atoms with E-state index in [4.69, 9.17) is 0 Å². The molecule has 1 fully saturated rings. The van der Waals surface area contributed by atoms with Gasteiger partial charge >= 0.3 is 0 Å². The van der Waals surface area contributed by atoms with Gasteiger partial charge in [0.15, 0.2) is 5.82 Å². The highest BCUT2D eigenvalue weighted by atomic mass is 32.3. The van der Waals surface area contributed by atoms with Crippen LogP contribution in [0.4, 0.5) is 15.8 Å². The molecule has 2 aromatic rings. The van der Waals surface area contributed by atoms with Gasteiger partial charge in [-0.25, -0.2) is 4.39 Å². The molecule has 1 aliphatic rings. The molecule has 3 rings (SSSR count). The zero-order valence-electron chi connectivity index (χ0n) is 26.7. The molecule has 8 nitrogen and oxygen atoms in total. The van der Waals surface area contributed by atoms with E-state index in [-0.39, 0.29) is 41.7 Å². The van der Waals surface area contributed by atoms with Gasteiger partial charge in [-0.3, -0.25) is 18.2 Å². The van der Waals surface area contributed by atoms with E-state index in [1.807, 2.05) is 44.2 Å². The van der Waals surface area contributed by atoms with Crippen LogP contribution in [0.15, 0.2) is 42.5 Å². The lowest BCUT2D eigenvalue weighted by molar-refractivity contribution is 0.0808. The van der Waals surface area contributed by atoms with Gasteiger partial charge in [0.1, 0.15) is 0 Å². The van der Waals surface area contributed by atoms with Crippen LogP contribution in [-0.2, 0) is 6.42 Å². The van der Waals surface area contributed by atoms with Crippen molar-refractivity contribution >= 4 is 28.1 Å². The summed E-state index contributed by atoms with van der Waals surface area (Å²) in [6.07, 6.45) is 3.89. The van der Waals surface area contributed by atoms with E-state index in [0.717, 1.165) is 24.8 Å². The number of rotatable bonds is 15. The largest absolute Gasteiger partial charge is 0.390 e. The van der Waals surface area contributed by atoms with E-state index in [1.165, 1.54) is 16.4 Å². The first kappa shape index (κ1) is 35.1. The van der Waals surface area contributed by atoms with Gasteiger partial charge in [0, 0.05) is 30.4 Å². The first-order valence-corrected chi connectivity index (χ1v) is 17.3. The average molecular weight is 621 g/mol. The van der Waals surface area contributed by atoms with Crippen LogP contribution in [0.5, 0.6) is 0 Å². The van der Waals surface area contributed by atoms with Crippen LogP contribution >= 0.6 is 10.8 Å². The lowest BCUT2D eigenvalue weighted by atomic mass is 9.93. The minimum absolute atomic E-state index is 0.00134. The van der Waals surface area contributed by atoms with Crippen molar-refractivity contribution in [1.29, 1.82) is 0 Å². The van der Waals surface area contributed by atoms with Crippen LogP contribution in [0.3, 0.4) is 0 Å². The van der Waals surface area contributed by atoms with Gasteiger partial charge in [0.05, 0.1) is 29.1 Å². The molecule has 6 N–H and O–H groups in total. The number of amides is 1. The fourth-order valence-electron chi connectivity index (χ4n) is 5.42. The van der Waals surface area contributed by atoms with Crippen molar-refractivity contribution in [2.75, 3.05) is 28.5 Å². The van der Waals surface area contributed by atoms with Gasteiger partial charge in [-0.15, -0.1) is 10.8 Å². The second-order valence-electron chi connectivity index (χ2n) is 13.2. The van der Waals surface area contributed by atoms with Gasteiger partial charge in [0.2, 0.25) is 0 Å². The molecule has 1 amide bonds. The molecule has 2 atom stereocenters. The predicted molar refractivity (Wildman–Crippen MR) is 178 cm³/mol. The number of carbonyl (C=O) groups excluding carboxylic acids is 1. The van der Waals surface area contributed by atoms with Gasteiger partial charge < -0.3 is 21.1 Å². The summed E-state index contributed by atoms with van der Waals surface area (Å²) in [5.74, 6) is -0.700. The van der Waals surface area contributed by atoms with E-state index in [2.05, 4.69) is 43.6 Å². The molecule has 0 saturated carbocycles. The van der Waals surface area contributed by atoms with Gasteiger partial charge in [-0.2, -0.15) is 0 Å². The minimum atomic E-state index is -3.21. The van der Waals surface area contributed by atoms with Crippen LogP contribution in [0, 0.1) is 11.7 Å². The molecule has 0 bridgehead atoms. The second-order valence-corrected chi connectivity index (χ2v) is 15.3. The van der Waals surface area contributed by atoms with Crippen molar-refractivity contribution in [3.05, 3.63) is 59.4 Å². The van der Waals surface area contributed by atoms with Crippen molar-refractivity contribution in [1.82, 2.24) is 10.6 Å². The van der Waals surface area contributed by atoms with Crippen molar-refractivity contribution in [3.8, 4) is 0 Å². The third kappa shape index (κ3) is 10.6. The molecule has 0 radical (unpaired) electrons. The summed E-state index contributed by atoms with van der Waals surface area (Å²) in [4.78, 5) is 13.8. The van der Waals surface area contributed by atoms with Crippen LogP contribution in [0.2, 0.25) is 0 Å². The van der Waals surface area contributed by atoms with Crippen LogP contribution in [-0.4, -0.2) is 62.7 Å². The lowest BCUT2D eigenvalue weighted by Gasteiger charge is -2.47. The van der Waals surface area contributed by atoms with Crippen LogP contribution in [0.25, 0.3) is 0 Å². The quantitative estimate of drug-likeness (QED) is 0.130. The highest BCUT2D eigenvalue weighted by Gasteiger charge is 2.32. The zero-order chi connectivity index (χ0) is 31.8. The number of aliphatic hydroxyl groups excluding tert-OH is 1. The summed E-state index contributed by atoms with van der Waals surface area (Å²) in [5, 5.41) is 21.0. The highest BCUT2D eigenvalue weighted by Crippen LogP contribution is 2.51. The number of benzene rings is 2. The molecule has 2 aromatic carbocycles. The molecular weight excluding hydrogens is 567 g/mol. The third-order valence-electron chi connectivity index (χ3n) is 7.86. The summed E-state index contributed by atoms with van der Waals surface area (Å²) in [7, 11) is -3.21. The summed E-state index contributed by atoms with van der Waals surface area (Å²) in [6.45, 7) is 13.0. The van der Waals surface area contributed by atoms with Gasteiger partial charge in [-0.05, 0) is 77.0 Å². The molecule has 10 heteroatoms. The predicted octanol–water partition coefficient (Wildman–Crippen LogP) is 6.81. The molecule has 43 heavy (non-hydrogen) atoms. The maximum Gasteiger partial charge on any atom is 0.254 e. The van der Waals surface area contributed by atoms with Gasteiger partial charge in [0.25, 0.3) is 5.91 Å². The van der Waals surface area contributed by atoms with E-state index in [9.17, 15) is 19.0 Å². The van der Waals surface area contributed by atoms with E-state index >= 15 is 4.39 Å². The number of hydrogen-bond donors (Lipinski definition) is 6. The minimum Gasteiger partial charge on any atom is -0.390 e. The van der Waals surface area contributed by atoms with E-state index < -0.39 is 34.6 Å². The van der Waals surface area contributed by atoms with Crippen molar-refractivity contribution in [2.24, 2.45) is 5.92 Å². The fraction of sp³-hybridized carbons (Fsp3) is 0.606. The summed E-state index contributed by atoms with van der Waals surface area (Å²) >= 11 is 0. The Labute approximate surface area is 259 Å². The molecule has 0 aromatic heterocycles. The monoisotopic (exact) mass is 620 g/mol. The number of nitrogens with zero attached hydrogens (tertiary/aromatic N) is 1. The van der Waals surface area contributed by atoms with Crippen LogP contribution < -0.4 is 20.3 Å². The maximum atomic E-state index is 16.1. The van der Waals surface area contributed by atoms with Crippen molar-refractivity contribution in [2.45, 2.75) is 104 Å². The number of nitrogens with one attached hydrogen (secondary N) is 3. The fourth-order valence-corrected chi connectivity index (χ4v) is 7.10. The van der Waals surface area contributed by atoms with E-state index in [1.54, 1.807) is 0 Å². The first-order chi connectivity index (χ1) is 20.2. The van der Waals surface area contributed by atoms with E-state index in [0.29, 0.717) is 30.9 Å². The summed E-state index contributed by atoms with van der Waals surface area (Å²) < 4.78 is 38.9. The molecule has 242 valence electrons.